The Morgan fingerprint density at radius 3 is 2.24 bits per heavy atom. The molecule has 25 heavy (non-hydrogen) atoms. The summed E-state index contributed by atoms with van der Waals surface area (Å²) in [5, 5.41) is 0. The summed E-state index contributed by atoms with van der Waals surface area (Å²) < 4.78 is 24.3. The van der Waals surface area contributed by atoms with Gasteiger partial charge in [0.25, 0.3) is 0 Å². The van der Waals surface area contributed by atoms with Gasteiger partial charge < -0.3 is 14.4 Å². The molecule has 0 radical (unpaired) electrons. The molecule has 1 amide bonds. The third-order valence-corrected chi connectivity index (χ3v) is 4.29. The zero-order valence-corrected chi connectivity index (χ0v) is 15.6. The Labute approximate surface area is 152 Å². The van der Waals surface area contributed by atoms with Crippen LogP contribution >= 0.6 is 12.6 Å². The van der Waals surface area contributed by atoms with Crippen LogP contribution in [-0.4, -0.2) is 41.4 Å². The fraction of sp³-hybridized carbons (Fsp3) is 0.556. The van der Waals surface area contributed by atoms with E-state index < -0.39 is 17.2 Å². The fourth-order valence-electron chi connectivity index (χ4n) is 2.83. The number of thiol groups is 1. The number of hydrogen-bond acceptors (Lipinski definition) is 5. The summed E-state index contributed by atoms with van der Waals surface area (Å²) in [6.07, 6.45) is 0.440. The number of carbonyl (C=O) groups is 2. The highest BCUT2D eigenvalue weighted by Crippen LogP contribution is 2.37. The number of amides is 1. The Kier molecular flexibility index (Phi) is 5.98. The average Bonchev–Trinajstić information content (AvgIpc) is 2.54. The molecule has 5 nitrogen and oxygen atoms in total. The lowest BCUT2D eigenvalue weighted by atomic mass is 9.84. The van der Waals surface area contributed by atoms with E-state index >= 15 is 0 Å². The first-order valence-corrected chi connectivity index (χ1v) is 8.85. The van der Waals surface area contributed by atoms with E-state index in [9.17, 15) is 14.0 Å². The summed E-state index contributed by atoms with van der Waals surface area (Å²) in [5.41, 5.74) is -0.736. The van der Waals surface area contributed by atoms with Crippen molar-refractivity contribution in [1.29, 1.82) is 0 Å². The van der Waals surface area contributed by atoms with Gasteiger partial charge in [-0.2, -0.15) is 12.6 Å². The van der Waals surface area contributed by atoms with Gasteiger partial charge >= 0.3 is 12.1 Å². The predicted octanol–water partition coefficient (Wildman–Crippen LogP) is 3.52. The minimum atomic E-state index is -0.883. The van der Waals surface area contributed by atoms with Crippen LogP contribution in [0.5, 0.6) is 0 Å². The van der Waals surface area contributed by atoms with E-state index in [0.29, 0.717) is 31.5 Å². The van der Waals surface area contributed by atoms with Crippen LogP contribution < -0.4 is 0 Å². The fourth-order valence-corrected chi connectivity index (χ4v) is 2.90. The number of hydrogen-bond donors (Lipinski definition) is 1. The van der Waals surface area contributed by atoms with Gasteiger partial charge in [-0.1, -0.05) is 12.1 Å². The highest BCUT2D eigenvalue weighted by molar-refractivity contribution is 7.81. The number of nitrogens with zero attached hydrogens (tertiary/aromatic N) is 1. The van der Waals surface area contributed by atoms with Crippen molar-refractivity contribution in [3.8, 4) is 0 Å². The Bertz CT molecular complexity index is 619. The number of esters is 1. The van der Waals surface area contributed by atoms with Gasteiger partial charge in [-0.3, -0.25) is 4.79 Å². The third-order valence-electron chi connectivity index (χ3n) is 4.03. The maximum atomic E-state index is 13.2. The molecule has 0 N–H and O–H groups in total. The second kappa shape index (κ2) is 7.64. The number of ether oxygens (including phenoxy) is 2. The van der Waals surface area contributed by atoms with Crippen LogP contribution in [0.15, 0.2) is 24.3 Å². The Hall–Kier alpha value is -1.76. The molecule has 0 bridgehead atoms. The Morgan fingerprint density at radius 1 is 1.20 bits per heavy atom. The summed E-state index contributed by atoms with van der Waals surface area (Å²) in [5.74, 6) is -0.845. The van der Waals surface area contributed by atoms with Crippen LogP contribution in [-0.2, 0) is 19.9 Å². The molecule has 1 aliphatic heterocycles. The number of carbonyl (C=O) groups excluding carboxylic acids is 2. The van der Waals surface area contributed by atoms with Crippen LogP contribution in [0.4, 0.5) is 9.18 Å². The van der Waals surface area contributed by atoms with Crippen molar-refractivity contribution in [3.05, 3.63) is 35.6 Å². The van der Waals surface area contributed by atoms with E-state index in [2.05, 4.69) is 12.6 Å². The molecule has 0 aliphatic carbocycles. The Balaban J connectivity index is 2.16. The summed E-state index contributed by atoms with van der Waals surface area (Å²) >= 11 is 3.96. The number of halogens is 1. The smallest absolute Gasteiger partial charge is 0.410 e. The molecule has 0 unspecified atom stereocenters. The molecule has 0 atom stereocenters. The van der Waals surface area contributed by atoms with Crippen molar-refractivity contribution in [2.75, 3.05) is 18.8 Å². The standard InChI is InChI=1S/C18H24FNO4S/c1-17(2,3)24-16(22)20-10-8-18(9-11-20,23-15(21)12-25)13-4-6-14(19)7-5-13/h4-7,25H,8-12H2,1-3H3. The monoisotopic (exact) mass is 369 g/mol. The molecule has 138 valence electrons. The third kappa shape index (κ3) is 5.11. The molecule has 0 aromatic heterocycles. The summed E-state index contributed by atoms with van der Waals surface area (Å²) in [6.45, 7) is 6.20. The van der Waals surface area contributed by atoms with Crippen molar-refractivity contribution in [1.82, 2.24) is 4.90 Å². The SMILES string of the molecule is CC(C)(C)OC(=O)N1CCC(OC(=O)CS)(c2ccc(F)cc2)CC1. The lowest BCUT2D eigenvalue weighted by Crippen LogP contribution is -2.48. The molecule has 1 heterocycles. The van der Waals surface area contributed by atoms with E-state index in [1.54, 1.807) is 17.0 Å². The van der Waals surface area contributed by atoms with Crippen molar-refractivity contribution < 1.29 is 23.5 Å². The topological polar surface area (TPSA) is 55.8 Å². The van der Waals surface area contributed by atoms with E-state index in [-0.39, 0.29) is 17.7 Å². The summed E-state index contributed by atoms with van der Waals surface area (Å²) in [6, 6.07) is 5.91. The molecule has 2 rings (SSSR count). The molecule has 1 fully saturated rings. The lowest BCUT2D eigenvalue weighted by molar-refractivity contribution is -0.163. The zero-order valence-electron chi connectivity index (χ0n) is 14.8. The molecule has 1 aliphatic rings. The van der Waals surface area contributed by atoms with Crippen LogP contribution in [0.2, 0.25) is 0 Å². The van der Waals surface area contributed by atoms with Crippen LogP contribution in [0.1, 0.15) is 39.2 Å². The van der Waals surface area contributed by atoms with Gasteiger partial charge in [0.05, 0.1) is 5.75 Å². The van der Waals surface area contributed by atoms with Gasteiger partial charge in [0.15, 0.2) is 0 Å². The molecular weight excluding hydrogens is 345 g/mol. The van der Waals surface area contributed by atoms with Gasteiger partial charge in [-0.25, -0.2) is 9.18 Å². The minimum absolute atomic E-state index is 0.0429. The zero-order chi connectivity index (χ0) is 18.7. The predicted molar refractivity (Wildman–Crippen MR) is 95.1 cm³/mol. The maximum absolute atomic E-state index is 13.2. The minimum Gasteiger partial charge on any atom is -0.453 e. The molecule has 1 aromatic carbocycles. The Morgan fingerprint density at radius 2 is 1.76 bits per heavy atom. The van der Waals surface area contributed by atoms with Gasteiger partial charge in [-0.15, -0.1) is 0 Å². The first-order valence-electron chi connectivity index (χ1n) is 8.22. The van der Waals surface area contributed by atoms with Crippen molar-refractivity contribution >= 4 is 24.7 Å². The molecule has 7 heteroatoms. The average molecular weight is 369 g/mol. The number of benzene rings is 1. The highest BCUT2D eigenvalue weighted by atomic mass is 32.1. The van der Waals surface area contributed by atoms with Crippen LogP contribution in [0, 0.1) is 5.82 Å². The molecule has 0 saturated carbocycles. The van der Waals surface area contributed by atoms with Crippen LogP contribution in [0.25, 0.3) is 0 Å². The lowest BCUT2D eigenvalue weighted by Gasteiger charge is -2.41. The number of rotatable bonds is 3. The normalized spacial score (nSPS) is 17.1. The van der Waals surface area contributed by atoms with E-state index in [1.807, 2.05) is 20.8 Å². The van der Waals surface area contributed by atoms with E-state index in [0.717, 1.165) is 0 Å². The largest absolute Gasteiger partial charge is 0.453 e. The molecule has 1 saturated heterocycles. The van der Waals surface area contributed by atoms with E-state index in [1.165, 1.54) is 12.1 Å². The first-order chi connectivity index (χ1) is 11.6. The highest BCUT2D eigenvalue weighted by Gasteiger charge is 2.41. The van der Waals surface area contributed by atoms with Crippen molar-refractivity contribution in [2.24, 2.45) is 0 Å². The molecular formula is C18H24FNO4S. The second-order valence-corrected chi connectivity index (χ2v) is 7.42. The first kappa shape index (κ1) is 19.6. The van der Waals surface area contributed by atoms with Gasteiger partial charge in [0.1, 0.15) is 17.0 Å². The van der Waals surface area contributed by atoms with Crippen LogP contribution in [0.3, 0.4) is 0 Å². The van der Waals surface area contributed by atoms with Gasteiger partial charge in [-0.05, 0) is 38.5 Å². The quantitative estimate of drug-likeness (QED) is 0.654. The summed E-state index contributed by atoms with van der Waals surface area (Å²) in [7, 11) is 0. The molecule has 1 aromatic rings. The number of piperidine rings is 1. The summed E-state index contributed by atoms with van der Waals surface area (Å²) in [4.78, 5) is 25.7. The van der Waals surface area contributed by atoms with Gasteiger partial charge in [0.2, 0.25) is 0 Å². The second-order valence-electron chi connectivity index (χ2n) is 7.10. The number of likely N-dealkylation sites (tertiary alicyclic amines) is 1. The van der Waals surface area contributed by atoms with E-state index in [4.69, 9.17) is 9.47 Å². The van der Waals surface area contributed by atoms with Gasteiger partial charge in [0, 0.05) is 25.9 Å². The van der Waals surface area contributed by atoms with Crippen molar-refractivity contribution in [3.63, 3.8) is 0 Å². The molecule has 0 spiro atoms. The van der Waals surface area contributed by atoms with Crippen molar-refractivity contribution in [2.45, 2.75) is 44.8 Å². The maximum Gasteiger partial charge on any atom is 0.410 e.